The van der Waals surface area contributed by atoms with Gasteiger partial charge in [-0.05, 0) is 45.4 Å². The molecular weight excluding hydrogens is 523 g/mol. The van der Waals surface area contributed by atoms with Gasteiger partial charge >= 0.3 is 19.4 Å². The van der Waals surface area contributed by atoms with E-state index in [0.29, 0.717) is 0 Å². The van der Waals surface area contributed by atoms with Crippen molar-refractivity contribution in [2.75, 3.05) is 6.61 Å². The third kappa shape index (κ3) is 6.70. The fourth-order valence-corrected chi connectivity index (χ4v) is 5.20. The second kappa shape index (κ2) is 11.9. The Hall–Kier alpha value is -3.45. The minimum absolute atomic E-state index is 0.164. The van der Waals surface area contributed by atoms with E-state index in [9.17, 15) is 24.1 Å². The maximum atomic E-state index is 13.7. The predicted octanol–water partition coefficient (Wildman–Crippen LogP) is 2.00. The number of aliphatic hydroxyl groups is 1. The zero-order valence-electron chi connectivity index (χ0n) is 21.1. The normalized spacial score (nSPS) is 25.3. The maximum Gasteiger partial charge on any atom is 0.459 e. The second-order valence-electron chi connectivity index (χ2n) is 8.94. The predicted molar refractivity (Wildman–Crippen MR) is 133 cm³/mol. The first kappa shape index (κ1) is 29.1. The van der Waals surface area contributed by atoms with Gasteiger partial charge < -0.3 is 19.1 Å². The van der Waals surface area contributed by atoms with E-state index >= 15 is 0 Å². The largest absolute Gasteiger partial charge is 0.462 e. The van der Waals surface area contributed by atoms with E-state index in [-0.39, 0.29) is 5.75 Å². The molecule has 2 aromatic rings. The molecule has 0 radical (unpaired) electrons. The van der Waals surface area contributed by atoms with Crippen molar-refractivity contribution < 1.29 is 33.0 Å². The average molecular weight is 552 g/mol. The fraction of sp³-hybridized carbons (Fsp3) is 0.500. The molecule has 0 saturated carbocycles. The number of aliphatic hydroxyl groups excluding tert-OH is 1. The number of aromatic amines is 1. The third-order valence-electron chi connectivity index (χ3n) is 5.55. The lowest BCUT2D eigenvalue weighted by Gasteiger charge is -2.28. The molecule has 1 aliphatic heterocycles. The van der Waals surface area contributed by atoms with Crippen LogP contribution < -0.4 is 20.9 Å². The summed E-state index contributed by atoms with van der Waals surface area (Å²) >= 11 is 0. The Balaban J connectivity index is 1.87. The van der Waals surface area contributed by atoms with Crippen LogP contribution in [0.1, 0.15) is 33.9 Å². The summed E-state index contributed by atoms with van der Waals surface area (Å²) in [6, 6.07) is 7.98. The van der Waals surface area contributed by atoms with Gasteiger partial charge in [-0.25, -0.2) is 9.36 Å². The number of para-hydroxylation sites is 1. The van der Waals surface area contributed by atoms with Crippen molar-refractivity contribution in [2.24, 2.45) is 5.11 Å². The number of aromatic nitrogens is 2. The molecule has 1 aromatic carbocycles. The first-order chi connectivity index (χ1) is 17.9. The molecule has 0 bridgehead atoms. The number of ether oxygens (including phenoxy) is 2. The fourth-order valence-electron chi connectivity index (χ4n) is 3.70. The molecule has 1 fully saturated rings. The molecule has 0 aliphatic carbocycles. The van der Waals surface area contributed by atoms with Crippen LogP contribution in [0.15, 0.2) is 57.3 Å². The van der Waals surface area contributed by atoms with Crippen LogP contribution in [0, 0.1) is 0 Å². The van der Waals surface area contributed by atoms with Gasteiger partial charge in [-0.3, -0.25) is 23.7 Å². The number of benzene rings is 1. The molecule has 2 heterocycles. The highest BCUT2D eigenvalue weighted by atomic mass is 31.2. The number of carbonyl (C=O) groups is 1. The van der Waals surface area contributed by atoms with Gasteiger partial charge in [0, 0.05) is 17.2 Å². The quantitative estimate of drug-likeness (QED) is 0.121. The molecule has 3 rings (SSSR count). The van der Waals surface area contributed by atoms with Gasteiger partial charge in [0.2, 0.25) is 0 Å². The topological polar surface area (TPSA) is 207 Å². The van der Waals surface area contributed by atoms with Crippen LogP contribution in [-0.2, 0) is 23.4 Å². The van der Waals surface area contributed by atoms with Gasteiger partial charge in [0.05, 0.1) is 18.8 Å². The molecule has 0 spiro atoms. The number of H-pyrrole nitrogens is 1. The minimum Gasteiger partial charge on any atom is -0.462 e. The van der Waals surface area contributed by atoms with Crippen LogP contribution in [-0.4, -0.2) is 57.1 Å². The van der Waals surface area contributed by atoms with Crippen LogP contribution in [0.2, 0.25) is 0 Å². The summed E-state index contributed by atoms with van der Waals surface area (Å²) in [6.45, 7) is 5.50. The summed E-state index contributed by atoms with van der Waals surface area (Å²) in [5.74, 6) is -0.539. The SMILES string of the molecule is CC(C)OC(=O)[C@H](C)NP(=O)(OC[C@H]1O[C@@H](n2ccc(=O)[nH]c2=O)[C@](C)(N=[N+]=[N-])[C@@H]1O)Oc1ccccc1. The molecule has 0 amide bonds. The average Bonchev–Trinajstić information content (AvgIpc) is 3.08. The smallest absolute Gasteiger partial charge is 0.459 e. The van der Waals surface area contributed by atoms with Crippen molar-refractivity contribution in [1.29, 1.82) is 0 Å². The zero-order chi connectivity index (χ0) is 28.1. The molecule has 38 heavy (non-hydrogen) atoms. The Kier molecular flexibility index (Phi) is 9.15. The van der Waals surface area contributed by atoms with Crippen molar-refractivity contribution in [2.45, 2.75) is 63.8 Å². The lowest BCUT2D eigenvalue weighted by molar-refractivity contribution is -0.149. The molecule has 1 saturated heterocycles. The van der Waals surface area contributed by atoms with E-state index in [4.69, 9.17) is 24.1 Å². The number of hydrogen-bond donors (Lipinski definition) is 3. The lowest BCUT2D eigenvalue weighted by Crippen LogP contribution is -2.45. The van der Waals surface area contributed by atoms with Crippen LogP contribution in [0.4, 0.5) is 0 Å². The summed E-state index contributed by atoms with van der Waals surface area (Å²) in [5.41, 5.74) is 5.85. The van der Waals surface area contributed by atoms with Gasteiger partial charge in [-0.1, -0.05) is 23.3 Å². The lowest BCUT2D eigenvalue weighted by atomic mass is 9.93. The number of rotatable bonds is 11. The van der Waals surface area contributed by atoms with E-state index in [0.717, 1.165) is 16.8 Å². The molecule has 15 nitrogen and oxygen atoms in total. The number of esters is 1. The van der Waals surface area contributed by atoms with Gasteiger partial charge in [-0.15, -0.1) is 0 Å². The maximum absolute atomic E-state index is 13.7. The Labute approximate surface area is 216 Å². The van der Waals surface area contributed by atoms with E-state index in [2.05, 4.69) is 20.1 Å². The Morgan fingerprint density at radius 2 is 2.00 bits per heavy atom. The molecule has 206 valence electrons. The van der Waals surface area contributed by atoms with Crippen LogP contribution in [0.5, 0.6) is 5.75 Å². The highest BCUT2D eigenvalue weighted by Crippen LogP contribution is 2.47. The van der Waals surface area contributed by atoms with Crippen molar-refractivity contribution in [3.05, 3.63) is 73.9 Å². The number of azide groups is 1. The minimum atomic E-state index is -4.30. The van der Waals surface area contributed by atoms with Gasteiger partial charge in [0.15, 0.2) is 6.23 Å². The van der Waals surface area contributed by atoms with E-state index in [1.165, 1.54) is 26.0 Å². The summed E-state index contributed by atoms with van der Waals surface area (Å²) in [6.07, 6.45) is -3.47. The first-order valence-corrected chi connectivity index (χ1v) is 13.1. The summed E-state index contributed by atoms with van der Waals surface area (Å²) in [5, 5.41) is 17.1. The van der Waals surface area contributed by atoms with Gasteiger partial charge in [-0.2, -0.15) is 5.09 Å². The van der Waals surface area contributed by atoms with Crippen molar-refractivity contribution in [1.82, 2.24) is 14.6 Å². The van der Waals surface area contributed by atoms with Gasteiger partial charge in [0.25, 0.3) is 5.56 Å². The standard InChI is InChI=1S/C22H29N6O9P/c1-13(2)35-19(31)14(3)25-38(33,37-15-8-6-5-7-9-15)34-12-16-18(30)22(4,26-27-23)20(36-16)28-11-10-17(29)24-21(28)32/h5-11,13-14,16,18,20,30H,12H2,1-4H3,(H,25,33)(H,24,29,32)/t14-,16+,18+,20+,22+,38?/m0/s1. The highest BCUT2D eigenvalue weighted by Gasteiger charge is 2.55. The van der Waals surface area contributed by atoms with Crippen LogP contribution in [0.3, 0.4) is 0 Å². The number of nitrogens with one attached hydrogen (secondary N) is 2. The third-order valence-corrected chi connectivity index (χ3v) is 7.20. The zero-order valence-corrected chi connectivity index (χ0v) is 22.0. The summed E-state index contributed by atoms with van der Waals surface area (Å²) < 4.78 is 36.7. The molecule has 16 heteroatoms. The van der Waals surface area contributed by atoms with E-state index in [1.807, 2.05) is 0 Å². The van der Waals surface area contributed by atoms with Crippen molar-refractivity contribution >= 4 is 13.7 Å². The first-order valence-electron chi connectivity index (χ1n) is 11.6. The molecule has 1 aromatic heterocycles. The molecule has 1 unspecified atom stereocenters. The Morgan fingerprint density at radius 1 is 1.32 bits per heavy atom. The number of carbonyl (C=O) groups excluding carboxylic acids is 1. The highest BCUT2D eigenvalue weighted by molar-refractivity contribution is 7.52. The van der Waals surface area contributed by atoms with E-state index < -0.39 is 67.7 Å². The monoisotopic (exact) mass is 552 g/mol. The molecule has 6 atom stereocenters. The van der Waals surface area contributed by atoms with Gasteiger partial charge in [0.1, 0.15) is 23.4 Å². The van der Waals surface area contributed by atoms with E-state index in [1.54, 1.807) is 32.0 Å². The second-order valence-corrected chi connectivity index (χ2v) is 10.6. The molecule has 1 aliphatic rings. The summed E-state index contributed by atoms with van der Waals surface area (Å²) in [4.78, 5) is 41.0. The van der Waals surface area contributed by atoms with Crippen LogP contribution in [0.25, 0.3) is 10.4 Å². The molecular formula is C22H29N6O9P. The van der Waals surface area contributed by atoms with Crippen molar-refractivity contribution in [3.8, 4) is 5.75 Å². The molecule has 3 N–H and O–H groups in total. The van der Waals surface area contributed by atoms with Crippen molar-refractivity contribution in [3.63, 3.8) is 0 Å². The number of nitrogens with zero attached hydrogens (tertiary/aromatic N) is 4. The van der Waals surface area contributed by atoms with Crippen LogP contribution >= 0.6 is 7.75 Å². The number of hydrogen-bond acceptors (Lipinski definition) is 10. The summed E-state index contributed by atoms with van der Waals surface area (Å²) in [7, 11) is -4.30. The Morgan fingerprint density at radius 3 is 2.61 bits per heavy atom. The Bertz CT molecular complexity index is 1340.